The highest BCUT2D eigenvalue weighted by atomic mass is 15.0. The lowest BCUT2D eigenvalue weighted by atomic mass is 10.1. The fourth-order valence-electron chi connectivity index (χ4n) is 2.75. The SMILES string of the molecule is Cc1ccc(CCc2ccc(-c3cnc(-c4ncc(C)cn4)nc3)cn2)nc1. The lowest BCUT2D eigenvalue weighted by Gasteiger charge is -2.05. The average molecular weight is 368 g/mol. The summed E-state index contributed by atoms with van der Waals surface area (Å²) in [6.07, 6.45) is 12.6. The van der Waals surface area contributed by atoms with Crippen LogP contribution in [0.25, 0.3) is 22.8 Å². The Labute approximate surface area is 163 Å². The van der Waals surface area contributed by atoms with Crippen LogP contribution in [0.3, 0.4) is 0 Å². The van der Waals surface area contributed by atoms with Crippen molar-refractivity contribution in [3.63, 3.8) is 0 Å². The van der Waals surface area contributed by atoms with Gasteiger partial charge in [0.15, 0.2) is 11.6 Å². The number of hydrogen-bond acceptors (Lipinski definition) is 6. The number of pyridine rings is 2. The summed E-state index contributed by atoms with van der Waals surface area (Å²) in [7, 11) is 0. The maximum atomic E-state index is 4.57. The van der Waals surface area contributed by atoms with Gasteiger partial charge in [-0.15, -0.1) is 0 Å². The molecule has 0 spiro atoms. The highest BCUT2D eigenvalue weighted by Gasteiger charge is 2.06. The number of hydrogen-bond donors (Lipinski definition) is 0. The third kappa shape index (κ3) is 4.23. The second-order valence-corrected chi connectivity index (χ2v) is 6.74. The molecule has 0 radical (unpaired) electrons. The predicted octanol–water partition coefficient (Wildman–Crippen LogP) is 3.79. The zero-order valence-corrected chi connectivity index (χ0v) is 15.9. The third-order valence-corrected chi connectivity index (χ3v) is 4.40. The first-order valence-electron chi connectivity index (χ1n) is 9.15. The zero-order valence-electron chi connectivity index (χ0n) is 15.9. The molecule has 0 unspecified atom stereocenters. The largest absolute Gasteiger partial charge is 0.261 e. The van der Waals surface area contributed by atoms with Crippen LogP contribution >= 0.6 is 0 Å². The summed E-state index contributed by atoms with van der Waals surface area (Å²) in [6, 6.07) is 8.25. The average Bonchev–Trinajstić information content (AvgIpc) is 2.74. The molecule has 0 fully saturated rings. The van der Waals surface area contributed by atoms with Gasteiger partial charge in [0, 0.05) is 59.7 Å². The zero-order chi connectivity index (χ0) is 19.3. The molecule has 4 rings (SSSR count). The van der Waals surface area contributed by atoms with Gasteiger partial charge in [-0.1, -0.05) is 12.1 Å². The molecule has 0 aliphatic rings. The molecule has 6 heteroatoms. The molecule has 6 nitrogen and oxygen atoms in total. The van der Waals surface area contributed by atoms with Gasteiger partial charge in [-0.05, 0) is 49.9 Å². The molecule has 4 aromatic rings. The van der Waals surface area contributed by atoms with E-state index in [1.165, 1.54) is 5.56 Å². The van der Waals surface area contributed by atoms with Crippen molar-refractivity contribution in [1.82, 2.24) is 29.9 Å². The van der Waals surface area contributed by atoms with Crippen molar-refractivity contribution in [3.05, 3.63) is 84.0 Å². The van der Waals surface area contributed by atoms with Crippen LogP contribution in [0.2, 0.25) is 0 Å². The summed E-state index contributed by atoms with van der Waals surface area (Å²) in [5, 5.41) is 0. The molecule has 0 aliphatic carbocycles. The van der Waals surface area contributed by atoms with Gasteiger partial charge in [0.2, 0.25) is 0 Å². The van der Waals surface area contributed by atoms with Crippen LogP contribution in [0, 0.1) is 13.8 Å². The van der Waals surface area contributed by atoms with E-state index < -0.39 is 0 Å². The maximum absolute atomic E-state index is 4.57. The van der Waals surface area contributed by atoms with E-state index >= 15 is 0 Å². The van der Waals surface area contributed by atoms with E-state index in [0.29, 0.717) is 11.6 Å². The predicted molar refractivity (Wildman–Crippen MR) is 107 cm³/mol. The van der Waals surface area contributed by atoms with Crippen LogP contribution in [0.1, 0.15) is 22.5 Å². The van der Waals surface area contributed by atoms with Crippen molar-refractivity contribution in [2.75, 3.05) is 0 Å². The van der Waals surface area contributed by atoms with E-state index in [-0.39, 0.29) is 0 Å². The van der Waals surface area contributed by atoms with Crippen LogP contribution < -0.4 is 0 Å². The van der Waals surface area contributed by atoms with E-state index in [2.05, 4.69) is 42.0 Å². The first-order chi connectivity index (χ1) is 13.7. The Balaban J connectivity index is 1.43. The van der Waals surface area contributed by atoms with Gasteiger partial charge < -0.3 is 0 Å². The third-order valence-electron chi connectivity index (χ3n) is 4.40. The van der Waals surface area contributed by atoms with E-state index in [4.69, 9.17) is 0 Å². The van der Waals surface area contributed by atoms with E-state index in [1.807, 2.05) is 38.4 Å². The fourth-order valence-corrected chi connectivity index (χ4v) is 2.75. The number of aromatic nitrogens is 6. The molecule has 28 heavy (non-hydrogen) atoms. The Bertz CT molecular complexity index is 1040. The minimum atomic E-state index is 0.513. The van der Waals surface area contributed by atoms with Crippen molar-refractivity contribution in [1.29, 1.82) is 0 Å². The van der Waals surface area contributed by atoms with Crippen molar-refractivity contribution in [3.8, 4) is 22.8 Å². The summed E-state index contributed by atoms with van der Waals surface area (Å²) in [5.41, 5.74) is 6.19. The Kier molecular flexibility index (Phi) is 5.10. The molecule has 4 aromatic heterocycles. The molecular formula is C22H20N6. The normalized spacial score (nSPS) is 10.8. The van der Waals surface area contributed by atoms with Crippen molar-refractivity contribution in [2.45, 2.75) is 26.7 Å². The first-order valence-corrected chi connectivity index (χ1v) is 9.15. The van der Waals surface area contributed by atoms with Gasteiger partial charge in [-0.3, -0.25) is 9.97 Å². The summed E-state index contributed by atoms with van der Waals surface area (Å²) in [6.45, 7) is 3.99. The number of rotatable bonds is 5. The van der Waals surface area contributed by atoms with Crippen LogP contribution in [0.4, 0.5) is 0 Å². The second-order valence-electron chi connectivity index (χ2n) is 6.74. The molecule has 0 atom stereocenters. The highest BCUT2D eigenvalue weighted by Crippen LogP contribution is 2.19. The lowest BCUT2D eigenvalue weighted by molar-refractivity contribution is 0.878. The van der Waals surface area contributed by atoms with Crippen molar-refractivity contribution in [2.24, 2.45) is 0 Å². The van der Waals surface area contributed by atoms with E-state index in [1.54, 1.807) is 24.8 Å². The van der Waals surface area contributed by atoms with Gasteiger partial charge in [0.1, 0.15) is 0 Å². The monoisotopic (exact) mass is 368 g/mol. The Hall–Kier alpha value is -3.54. The Morgan fingerprint density at radius 2 is 1.00 bits per heavy atom. The number of nitrogens with zero attached hydrogens (tertiary/aromatic N) is 6. The lowest BCUT2D eigenvalue weighted by Crippen LogP contribution is -1.97. The van der Waals surface area contributed by atoms with E-state index in [9.17, 15) is 0 Å². The molecule has 0 amide bonds. The maximum Gasteiger partial charge on any atom is 0.197 e. The Morgan fingerprint density at radius 3 is 1.54 bits per heavy atom. The van der Waals surface area contributed by atoms with Crippen molar-refractivity contribution < 1.29 is 0 Å². The fraction of sp³-hybridized carbons (Fsp3) is 0.182. The van der Waals surface area contributed by atoms with Crippen LogP contribution in [0.15, 0.2) is 61.4 Å². The van der Waals surface area contributed by atoms with Gasteiger partial charge in [-0.2, -0.15) is 0 Å². The smallest absolute Gasteiger partial charge is 0.197 e. The standard InChI is InChI=1S/C22H20N6/c1-15-3-5-19(23-9-15)7-8-20-6-4-17(12-24-20)18-13-27-22(28-14-18)21-25-10-16(2)11-26-21/h3-6,9-14H,7-8H2,1-2H3. The molecule has 0 saturated carbocycles. The minimum absolute atomic E-state index is 0.513. The Morgan fingerprint density at radius 1 is 0.500 bits per heavy atom. The minimum Gasteiger partial charge on any atom is -0.261 e. The number of aryl methyl sites for hydroxylation is 4. The van der Waals surface area contributed by atoms with Gasteiger partial charge in [0.05, 0.1) is 0 Å². The molecule has 138 valence electrons. The van der Waals surface area contributed by atoms with Gasteiger partial charge in [-0.25, -0.2) is 19.9 Å². The van der Waals surface area contributed by atoms with E-state index in [0.717, 1.165) is 40.9 Å². The highest BCUT2D eigenvalue weighted by molar-refractivity contribution is 5.61. The molecule has 0 bridgehead atoms. The summed E-state index contributed by atoms with van der Waals surface area (Å²) >= 11 is 0. The summed E-state index contributed by atoms with van der Waals surface area (Å²) in [5.74, 6) is 1.04. The summed E-state index contributed by atoms with van der Waals surface area (Å²) in [4.78, 5) is 26.3. The molecule has 0 saturated heterocycles. The second kappa shape index (κ2) is 8.00. The summed E-state index contributed by atoms with van der Waals surface area (Å²) < 4.78 is 0. The molecule has 0 aliphatic heterocycles. The molecule has 0 aromatic carbocycles. The molecular weight excluding hydrogens is 348 g/mol. The first kappa shape index (κ1) is 17.9. The molecule has 0 N–H and O–H groups in total. The topological polar surface area (TPSA) is 77.3 Å². The quantitative estimate of drug-likeness (QED) is 0.533. The van der Waals surface area contributed by atoms with Gasteiger partial charge in [0.25, 0.3) is 0 Å². The van der Waals surface area contributed by atoms with Crippen LogP contribution in [-0.4, -0.2) is 29.9 Å². The van der Waals surface area contributed by atoms with Crippen LogP contribution in [-0.2, 0) is 12.8 Å². The molecule has 4 heterocycles. The van der Waals surface area contributed by atoms with Crippen molar-refractivity contribution >= 4 is 0 Å². The van der Waals surface area contributed by atoms with Crippen LogP contribution in [0.5, 0.6) is 0 Å². The van der Waals surface area contributed by atoms with Gasteiger partial charge >= 0.3 is 0 Å².